The number of benzene rings is 3. The van der Waals surface area contributed by atoms with E-state index < -0.39 is 17.5 Å². The lowest BCUT2D eigenvalue weighted by Crippen LogP contribution is -2.41. The molecule has 7 nitrogen and oxygen atoms in total. The molecule has 1 N–H and O–H groups in total. The van der Waals surface area contributed by atoms with Crippen molar-refractivity contribution in [1.82, 2.24) is 10.2 Å². The van der Waals surface area contributed by atoms with Gasteiger partial charge < -0.3 is 14.8 Å². The molecular formula is C26H20N2O5. The first-order valence-corrected chi connectivity index (χ1v) is 10.7. The highest BCUT2D eigenvalue weighted by Gasteiger charge is 2.50. The first-order valence-electron chi connectivity index (χ1n) is 10.7. The summed E-state index contributed by atoms with van der Waals surface area (Å²) in [6, 6.07) is 18.2. The third-order valence-corrected chi connectivity index (χ3v) is 6.65. The molecule has 2 aliphatic heterocycles. The van der Waals surface area contributed by atoms with Crippen LogP contribution in [-0.4, -0.2) is 36.0 Å². The molecule has 2 heterocycles. The molecule has 3 amide bonds. The number of carbonyl (C=O) groups excluding carboxylic acids is 3. The standard InChI is InChI=1S/C26H20N2O5/c1-26(18-8-9-22-23(12-18)33-14-32-22)24(30)28(25(31)27-26)13-21(29)17-7-6-16-10-15-4-2-3-5-19(15)20(16)11-17/h2-9,11-12H,10,13-14H2,1H3,(H,27,31)/t26-/m0/s1. The van der Waals surface area contributed by atoms with E-state index in [1.165, 1.54) is 5.56 Å². The fraction of sp³-hybridized carbons (Fsp3) is 0.192. The zero-order valence-corrected chi connectivity index (χ0v) is 17.9. The van der Waals surface area contributed by atoms with Crippen molar-refractivity contribution in [2.45, 2.75) is 18.9 Å². The van der Waals surface area contributed by atoms with Gasteiger partial charge in [0.1, 0.15) is 5.54 Å². The van der Waals surface area contributed by atoms with Gasteiger partial charge in [-0.25, -0.2) is 4.79 Å². The molecule has 6 rings (SSSR count). The number of amides is 3. The van der Waals surface area contributed by atoms with Crippen LogP contribution in [0.3, 0.4) is 0 Å². The molecule has 1 fully saturated rings. The Morgan fingerprint density at radius 2 is 1.76 bits per heavy atom. The zero-order chi connectivity index (χ0) is 22.7. The van der Waals surface area contributed by atoms with E-state index in [4.69, 9.17) is 9.47 Å². The van der Waals surface area contributed by atoms with Crippen LogP contribution >= 0.6 is 0 Å². The Bertz CT molecular complexity index is 1360. The van der Waals surface area contributed by atoms with Gasteiger partial charge in [0.05, 0.1) is 6.54 Å². The van der Waals surface area contributed by atoms with Crippen LogP contribution in [0, 0.1) is 0 Å². The summed E-state index contributed by atoms with van der Waals surface area (Å²) in [5.74, 6) is 0.333. The molecule has 0 aromatic heterocycles. The summed E-state index contributed by atoms with van der Waals surface area (Å²) >= 11 is 0. The number of ketones is 1. The molecule has 1 aliphatic carbocycles. The Morgan fingerprint density at radius 3 is 2.64 bits per heavy atom. The molecule has 0 bridgehead atoms. The Hall–Kier alpha value is -4.13. The maximum atomic E-state index is 13.3. The smallest absolute Gasteiger partial charge is 0.325 e. The fourth-order valence-electron chi connectivity index (χ4n) is 4.78. The predicted molar refractivity (Wildman–Crippen MR) is 119 cm³/mol. The number of imide groups is 1. The number of fused-ring (bicyclic) bond motifs is 4. The Labute approximate surface area is 189 Å². The monoisotopic (exact) mass is 440 g/mol. The van der Waals surface area contributed by atoms with Gasteiger partial charge in [-0.15, -0.1) is 0 Å². The summed E-state index contributed by atoms with van der Waals surface area (Å²) in [5.41, 5.74) is 4.28. The minimum absolute atomic E-state index is 0.113. The first kappa shape index (κ1) is 19.5. The molecule has 3 aliphatic rings. The van der Waals surface area contributed by atoms with Crippen molar-refractivity contribution >= 4 is 17.7 Å². The summed E-state index contributed by atoms with van der Waals surface area (Å²) < 4.78 is 10.7. The number of rotatable bonds is 4. The van der Waals surface area contributed by atoms with E-state index in [2.05, 4.69) is 11.4 Å². The van der Waals surface area contributed by atoms with E-state index in [1.807, 2.05) is 30.3 Å². The number of hydrogen-bond acceptors (Lipinski definition) is 5. The van der Waals surface area contributed by atoms with Crippen molar-refractivity contribution in [3.63, 3.8) is 0 Å². The quantitative estimate of drug-likeness (QED) is 0.387. The lowest BCUT2D eigenvalue weighted by atomic mass is 9.91. The van der Waals surface area contributed by atoms with Crippen molar-refractivity contribution in [2.24, 2.45) is 0 Å². The molecule has 0 saturated carbocycles. The Kier molecular flexibility index (Phi) is 4.11. The first-order chi connectivity index (χ1) is 15.9. The van der Waals surface area contributed by atoms with E-state index >= 15 is 0 Å². The van der Waals surface area contributed by atoms with Crippen molar-refractivity contribution in [1.29, 1.82) is 0 Å². The maximum absolute atomic E-state index is 13.3. The van der Waals surface area contributed by atoms with Gasteiger partial charge in [0, 0.05) is 5.56 Å². The second-order valence-electron chi connectivity index (χ2n) is 8.64. The molecule has 1 atom stereocenters. The lowest BCUT2D eigenvalue weighted by Gasteiger charge is -2.22. The Balaban J connectivity index is 1.26. The van der Waals surface area contributed by atoms with Gasteiger partial charge in [-0.3, -0.25) is 14.5 Å². The second kappa shape index (κ2) is 6.93. The van der Waals surface area contributed by atoms with Crippen LogP contribution in [-0.2, 0) is 16.8 Å². The van der Waals surface area contributed by atoms with Gasteiger partial charge in [0.15, 0.2) is 17.3 Å². The summed E-state index contributed by atoms with van der Waals surface area (Å²) in [4.78, 5) is 40.1. The molecule has 3 aromatic carbocycles. The molecule has 1 saturated heterocycles. The molecule has 164 valence electrons. The lowest BCUT2D eigenvalue weighted by molar-refractivity contribution is -0.130. The van der Waals surface area contributed by atoms with Gasteiger partial charge in [-0.1, -0.05) is 42.5 Å². The minimum Gasteiger partial charge on any atom is -0.454 e. The highest BCUT2D eigenvalue weighted by atomic mass is 16.7. The van der Waals surface area contributed by atoms with Crippen LogP contribution < -0.4 is 14.8 Å². The Morgan fingerprint density at radius 1 is 0.970 bits per heavy atom. The molecule has 0 radical (unpaired) electrons. The van der Waals surface area contributed by atoms with Crippen LogP contribution in [0.1, 0.15) is 34.0 Å². The predicted octanol–water partition coefficient (Wildman–Crippen LogP) is 3.64. The van der Waals surface area contributed by atoms with Gasteiger partial charge >= 0.3 is 6.03 Å². The average Bonchev–Trinajstić information content (AvgIpc) is 3.49. The van der Waals surface area contributed by atoms with Gasteiger partial charge in [-0.05, 0) is 59.4 Å². The molecule has 0 spiro atoms. The van der Waals surface area contributed by atoms with E-state index in [9.17, 15) is 14.4 Å². The van der Waals surface area contributed by atoms with Gasteiger partial charge in [0.2, 0.25) is 6.79 Å². The summed E-state index contributed by atoms with van der Waals surface area (Å²) in [7, 11) is 0. The van der Waals surface area contributed by atoms with Crippen LogP contribution in [0.25, 0.3) is 11.1 Å². The van der Waals surface area contributed by atoms with Crippen LogP contribution in [0.2, 0.25) is 0 Å². The molecule has 0 unspecified atom stereocenters. The van der Waals surface area contributed by atoms with E-state index in [1.54, 1.807) is 31.2 Å². The molecule has 3 aromatic rings. The highest BCUT2D eigenvalue weighted by molar-refractivity contribution is 6.11. The van der Waals surface area contributed by atoms with Crippen molar-refractivity contribution < 1.29 is 23.9 Å². The van der Waals surface area contributed by atoms with Crippen molar-refractivity contribution in [3.05, 3.63) is 82.9 Å². The summed E-state index contributed by atoms with van der Waals surface area (Å²) in [6.45, 7) is 1.41. The van der Waals surface area contributed by atoms with E-state index in [0.717, 1.165) is 28.0 Å². The molecular weight excluding hydrogens is 420 g/mol. The van der Waals surface area contributed by atoms with Crippen LogP contribution in [0.5, 0.6) is 11.5 Å². The fourth-order valence-corrected chi connectivity index (χ4v) is 4.78. The number of nitrogens with one attached hydrogen (secondary N) is 1. The van der Waals surface area contributed by atoms with Crippen molar-refractivity contribution in [3.8, 4) is 22.6 Å². The third-order valence-electron chi connectivity index (χ3n) is 6.65. The molecule has 7 heteroatoms. The maximum Gasteiger partial charge on any atom is 0.325 e. The van der Waals surface area contributed by atoms with Crippen LogP contribution in [0.4, 0.5) is 4.79 Å². The zero-order valence-electron chi connectivity index (χ0n) is 17.9. The number of hydrogen-bond donors (Lipinski definition) is 1. The van der Waals surface area contributed by atoms with Crippen molar-refractivity contribution in [2.75, 3.05) is 13.3 Å². The van der Waals surface area contributed by atoms with Gasteiger partial charge in [0.25, 0.3) is 5.91 Å². The highest BCUT2D eigenvalue weighted by Crippen LogP contribution is 2.39. The largest absolute Gasteiger partial charge is 0.454 e. The third kappa shape index (κ3) is 2.92. The van der Waals surface area contributed by atoms with Gasteiger partial charge in [-0.2, -0.15) is 0 Å². The minimum atomic E-state index is -1.30. The number of nitrogens with zero attached hydrogens (tertiary/aromatic N) is 1. The summed E-state index contributed by atoms with van der Waals surface area (Å²) in [5, 5.41) is 2.74. The summed E-state index contributed by atoms with van der Waals surface area (Å²) in [6.07, 6.45) is 0.834. The SMILES string of the molecule is C[C@@]1(c2ccc3c(c2)OCO3)NC(=O)N(CC(=O)c2ccc3c(c2)-c2ccccc2C3)C1=O. The number of carbonyl (C=O) groups is 3. The second-order valence-corrected chi connectivity index (χ2v) is 8.64. The van der Waals surface area contributed by atoms with E-state index in [-0.39, 0.29) is 19.1 Å². The average molecular weight is 440 g/mol. The number of urea groups is 1. The molecule has 33 heavy (non-hydrogen) atoms. The van der Waals surface area contributed by atoms with Crippen LogP contribution in [0.15, 0.2) is 60.7 Å². The van der Waals surface area contributed by atoms with E-state index in [0.29, 0.717) is 22.6 Å². The normalized spacial score (nSPS) is 20.0. The number of ether oxygens (including phenoxy) is 2. The number of Topliss-reactive ketones (excluding diaryl/α,β-unsaturated/α-hetero) is 1. The topological polar surface area (TPSA) is 84.9 Å².